The number of nitrogens with zero attached hydrogens (tertiary/aromatic N) is 4. The second-order valence-corrected chi connectivity index (χ2v) is 8.31. The summed E-state index contributed by atoms with van der Waals surface area (Å²) in [5.74, 6) is 0.925. The summed E-state index contributed by atoms with van der Waals surface area (Å²) in [4.78, 5) is 12.7. The predicted octanol–water partition coefficient (Wildman–Crippen LogP) is 4.95. The van der Waals surface area contributed by atoms with Gasteiger partial charge in [-0.2, -0.15) is 0 Å². The molecular weight excluding hydrogens is 394 g/mol. The number of hydrogen-bond acceptors (Lipinski definition) is 5. The lowest BCUT2D eigenvalue weighted by Gasteiger charge is -2.13. The van der Waals surface area contributed by atoms with Gasteiger partial charge in [-0.1, -0.05) is 66.1 Å². The van der Waals surface area contributed by atoms with Crippen LogP contribution in [0.3, 0.4) is 0 Å². The van der Waals surface area contributed by atoms with E-state index in [1.165, 1.54) is 4.90 Å². The molecule has 0 atom stereocenters. The maximum absolute atomic E-state index is 11.2. The monoisotopic (exact) mass is 421 g/mol. The molecule has 3 rings (SSSR count). The van der Waals surface area contributed by atoms with Crippen LogP contribution in [0.15, 0.2) is 60.3 Å². The fourth-order valence-electron chi connectivity index (χ4n) is 3.09. The number of carbonyl (C=O) groups is 1. The summed E-state index contributed by atoms with van der Waals surface area (Å²) in [5.41, 5.74) is 6.93. The molecule has 0 bridgehead atoms. The van der Waals surface area contributed by atoms with E-state index in [4.69, 9.17) is 0 Å². The van der Waals surface area contributed by atoms with E-state index in [1.807, 2.05) is 42.9 Å². The minimum Gasteiger partial charge on any atom is -0.328 e. The Morgan fingerprint density at radius 1 is 1.23 bits per heavy atom. The summed E-state index contributed by atoms with van der Waals surface area (Å²) in [6.07, 6.45) is 4.71. The Kier molecular flexibility index (Phi) is 7.30. The van der Waals surface area contributed by atoms with Gasteiger partial charge in [-0.15, -0.1) is 5.10 Å². The molecule has 1 heterocycles. The van der Waals surface area contributed by atoms with Gasteiger partial charge in [-0.05, 0) is 42.7 Å². The van der Waals surface area contributed by atoms with Gasteiger partial charge in [0, 0.05) is 19.0 Å². The second-order valence-electron chi connectivity index (χ2n) is 7.24. The lowest BCUT2D eigenvalue weighted by molar-refractivity contribution is -0.114. The first kappa shape index (κ1) is 21.6. The fraction of sp³-hybridized carbons (Fsp3) is 0.261. The summed E-state index contributed by atoms with van der Waals surface area (Å²) >= 11 is 1.61. The van der Waals surface area contributed by atoms with Crippen LogP contribution in [-0.2, 0) is 11.3 Å². The molecule has 0 unspecified atom stereocenters. The van der Waals surface area contributed by atoms with Crippen LogP contribution in [0.4, 0.5) is 5.69 Å². The standard InChI is InChI=1S/C23H27N5OS/c1-5-30-25-21-12-19(20(11-17(2)3)15-27(4)16-29)13-22-23(21)24-26-28(22)14-18-9-7-6-8-10-18/h6-13,15-16,25H,5,14H2,1-4H3/b20-15+. The van der Waals surface area contributed by atoms with E-state index >= 15 is 0 Å². The maximum atomic E-state index is 11.2. The van der Waals surface area contributed by atoms with Gasteiger partial charge in [-0.25, -0.2) is 4.68 Å². The van der Waals surface area contributed by atoms with Gasteiger partial charge in [0.2, 0.25) is 6.41 Å². The third kappa shape index (κ3) is 5.30. The molecule has 1 aromatic heterocycles. The van der Waals surface area contributed by atoms with Crippen LogP contribution < -0.4 is 4.72 Å². The van der Waals surface area contributed by atoms with E-state index in [1.54, 1.807) is 19.0 Å². The van der Waals surface area contributed by atoms with Gasteiger partial charge in [-0.3, -0.25) is 4.79 Å². The number of rotatable bonds is 9. The van der Waals surface area contributed by atoms with Crippen molar-refractivity contribution in [1.82, 2.24) is 19.9 Å². The first-order valence-electron chi connectivity index (χ1n) is 9.85. The fourth-order valence-corrected chi connectivity index (χ4v) is 3.55. The number of nitrogens with one attached hydrogen (secondary N) is 1. The third-order valence-electron chi connectivity index (χ3n) is 4.41. The molecule has 1 N–H and O–H groups in total. The number of amides is 1. The molecule has 0 spiro atoms. The topological polar surface area (TPSA) is 63.1 Å². The predicted molar refractivity (Wildman–Crippen MR) is 126 cm³/mol. The lowest BCUT2D eigenvalue weighted by Crippen LogP contribution is -2.07. The first-order chi connectivity index (χ1) is 14.5. The van der Waals surface area contributed by atoms with E-state index < -0.39 is 0 Å². The minimum absolute atomic E-state index is 0.636. The molecule has 0 fully saturated rings. The number of anilines is 1. The molecule has 0 aliphatic heterocycles. The largest absolute Gasteiger partial charge is 0.328 e. The van der Waals surface area contributed by atoms with Crippen LogP contribution >= 0.6 is 11.9 Å². The Hall–Kier alpha value is -3.06. The molecule has 156 valence electrons. The number of aromatic nitrogens is 3. The summed E-state index contributed by atoms with van der Waals surface area (Å²) in [6, 6.07) is 14.4. The number of hydrogen-bond donors (Lipinski definition) is 1. The molecule has 0 saturated carbocycles. The number of fused-ring (bicyclic) bond motifs is 1. The van der Waals surface area contributed by atoms with Crippen LogP contribution in [0.5, 0.6) is 0 Å². The normalized spacial score (nSPS) is 11.4. The summed E-state index contributed by atoms with van der Waals surface area (Å²) < 4.78 is 5.32. The lowest BCUT2D eigenvalue weighted by atomic mass is 10.0. The van der Waals surface area contributed by atoms with Gasteiger partial charge >= 0.3 is 0 Å². The number of carbonyl (C=O) groups excluding carboxylic acids is 1. The van der Waals surface area contributed by atoms with Crippen molar-refractivity contribution in [2.45, 2.75) is 27.3 Å². The van der Waals surface area contributed by atoms with Crippen LogP contribution in [0.2, 0.25) is 0 Å². The van der Waals surface area contributed by atoms with E-state index in [9.17, 15) is 4.79 Å². The van der Waals surface area contributed by atoms with Gasteiger partial charge in [0.1, 0.15) is 5.52 Å². The highest BCUT2D eigenvalue weighted by molar-refractivity contribution is 8.00. The third-order valence-corrected chi connectivity index (χ3v) is 5.06. The zero-order valence-electron chi connectivity index (χ0n) is 17.8. The molecule has 3 aromatic rings. The van der Waals surface area contributed by atoms with Crippen molar-refractivity contribution >= 4 is 40.7 Å². The van der Waals surface area contributed by atoms with E-state index in [2.05, 4.69) is 52.3 Å². The van der Waals surface area contributed by atoms with Crippen molar-refractivity contribution in [2.24, 2.45) is 0 Å². The number of allylic oxidation sites excluding steroid dienone is 3. The van der Waals surface area contributed by atoms with Crippen LogP contribution in [0.1, 0.15) is 31.9 Å². The SMILES string of the molecule is CCSNc1cc(/C(C=C(C)C)=C/N(C)C=O)cc2c1nnn2Cc1ccccc1. The summed E-state index contributed by atoms with van der Waals surface area (Å²) in [6.45, 7) is 6.82. The molecule has 6 nitrogen and oxygen atoms in total. The van der Waals surface area contributed by atoms with Gasteiger partial charge in [0.25, 0.3) is 0 Å². The highest BCUT2D eigenvalue weighted by atomic mass is 32.2. The van der Waals surface area contributed by atoms with Gasteiger partial charge < -0.3 is 9.62 Å². The molecule has 1 amide bonds. The molecule has 7 heteroatoms. The molecule has 0 radical (unpaired) electrons. The van der Waals surface area contributed by atoms with Crippen LogP contribution in [0, 0.1) is 0 Å². The molecule has 0 saturated heterocycles. The van der Waals surface area contributed by atoms with E-state index in [-0.39, 0.29) is 0 Å². The van der Waals surface area contributed by atoms with Crippen molar-refractivity contribution in [3.05, 3.63) is 71.4 Å². The molecular formula is C23H27N5OS. The molecule has 30 heavy (non-hydrogen) atoms. The Morgan fingerprint density at radius 3 is 2.67 bits per heavy atom. The van der Waals surface area contributed by atoms with Gasteiger partial charge in [0.15, 0.2) is 0 Å². The van der Waals surface area contributed by atoms with Crippen molar-refractivity contribution in [3.63, 3.8) is 0 Å². The van der Waals surface area contributed by atoms with E-state index in [0.29, 0.717) is 6.54 Å². The summed E-state index contributed by atoms with van der Waals surface area (Å²) in [7, 11) is 1.73. The quantitative estimate of drug-likeness (QED) is 0.301. The molecule has 0 aliphatic carbocycles. The second kappa shape index (κ2) is 10.1. The Labute approximate surface area is 181 Å². The van der Waals surface area contributed by atoms with Crippen LogP contribution in [-0.4, -0.2) is 39.1 Å². The highest BCUT2D eigenvalue weighted by Crippen LogP contribution is 2.30. The zero-order chi connectivity index (χ0) is 21.5. The van der Waals surface area contributed by atoms with Crippen molar-refractivity contribution in [1.29, 1.82) is 0 Å². The molecule has 0 aliphatic rings. The summed E-state index contributed by atoms with van der Waals surface area (Å²) in [5, 5.41) is 8.86. The molecule has 2 aromatic carbocycles. The Morgan fingerprint density at radius 2 is 2.00 bits per heavy atom. The van der Waals surface area contributed by atoms with Crippen molar-refractivity contribution < 1.29 is 4.79 Å². The Balaban J connectivity index is 2.15. The van der Waals surface area contributed by atoms with Crippen molar-refractivity contribution in [3.8, 4) is 0 Å². The minimum atomic E-state index is 0.636. The number of benzene rings is 2. The first-order valence-corrected chi connectivity index (χ1v) is 10.8. The van der Waals surface area contributed by atoms with Crippen molar-refractivity contribution in [2.75, 3.05) is 17.5 Å². The van der Waals surface area contributed by atoms with Gasteiger partial charge in [0.05, 0.1) is 17.7 Å². The average Bonchev–Trinajstić information content (AvgIpc) is 3.14. The average molecular weight is 422 g/mol. The smallest absolute Gasteiger partial charge is 0.213 e. The maximum Gasteiger partial charge on any atom is 0.213 e. The highest BCUT2D eigenvalue weighted by Gasteiger charge is 2.14. The van der Waals surface area contributed by atoms with E-state index in [0.717, 1.165) is 51.2 Å². The Bertz CT molecular complexity index is 1070. The van der Waals surface area contributed by atoms with Crippen LogP contribution in [0.25, 0.3) is 16.6 Å². The zero-order valence-corrected chi connectivity index (χ0v) is 18.6.